The number of aromatic amines is 1. The number of hydrogen-bond acceptors (Lipinski definition) is 4. The molecule has 44 heavy (non-hydrogen) atoms. The summed E-state index contributed by atoms with van der Waals surface area (Å²) in [4.78, 5) is 29.4. The van der Waals surface area contributed by atoms with Gasteiger partial charge in [-0.1, -0.05) is 59.6 Å². The molecule has 1 aliphatic heterocycles. The number of carbonyl (C=O) groups is 1. The Labute approximate surface area is 269 Å². The number of rotatable bonds is 10. The van der Waals surface area contributed by atoms with E-state index in [1.807, 2.05) is 71.9 Å². The molecule has 6 rings (SSSR count). The van der Waals surface area contributed by atoms with Crippen LogP contribution in [-0.4, -0.2) is 88.5 Å². The predicted molar refractivity (Wildman–Crippen MR) is 180 cm³/mol. The predicted octanol–water partition coefficient (Wildman–Crippen LogP) is 7.02. The minimum absolute atomic E-state index is 0.00484. The molecule has 1 unspecified atom stereocenters. The maximum Gasteiger partial charge on any atom is 0.271 e. The van der Waals surface area contributed by atoms with Gasteiger partial charge in [-0.15, -0.1) is 0 Å². The molecule has 1 amide bonds. The molecule has 228 valence electrons. The molecule has 0 bridgehead atoms. The number of hydrogen-bond donors (Lipinski definition) is 1. The molecular formula is C35H38Cl2N6O. The third-order valence-electron chi connectivity index (χ3n) is 8.56. The van der Waals surface area contributed by atoms with Gasteiger partial charge in [0, 0.05) is 57.8 Å². The molecular weight excluding hydrogens is 591 g/mol. The SMILES string of the molecule is CN(C)CCCN(C)C1CCN(C(=O)c2[nH]c3cc(Cl)ccc3c2-c2c(Cc3ccc(Cl)cc3)ncn2-c2ccccc2)C1. The van der Waals surface area contributed by atoms with Crippen LogP contribution in [0.4, 0.5) is 0 Å². The van der Waals surface area contributed by atoms with Gasteiger partial charge in [-0.3, -0.25) is 9.36 Å². The van der Waals surface area contributed by atoms with Gasteiger partial charge >= 0.3 is 0 Å². The van der Waals surface area contributed by atoms with Crippen molar-refractivity contribution in [2.24, 2.45) is 0 Å². The number of amides is 1. The van der Waals surface area contributed by atoms with Crippen LogP contribution < -0.4 is 0 Å². The summed E-state index contributed by atoms with van der Waals surface area (Å²) in [5.74, 6) is -0.00484. The summed E-state index contributed by atoms with van der Waals surface area (Å²) in [6.07, 6.45) is 4.49. The zero-order chi connectivity index (χ0) is 30.8. The van der Waals surface area contributed by atoms with E-state index in [1.54, 1.807) is 0 Å². The van der Waals surface area contributed by atoms with E-state index in [4.69, 9.17) is 28.2 Å². The topological polar surface area (TPSA) is 60.4 Å². The molecule has 0 aliphatic carbocycles. The molecule has 1 fully saturated rings. The summed E-state index contributed by atoms with van der Waals surface area (Å²) in [7, 11) is 6.38. The fraction of sp³-hybridized carbons (Fsp3) is 0.314. The van der Waals surface area contributed by atoms with Crippen molar-refractivity contribution in [1.82, 2.24) is 29.2 Å². The zero-order valence-corrected chi connectivity index (χ0v) is 26.9. The molecule has 0 saturated carbocycles. The van der Waals surface area contributed by atoms with Gasteiger partial charge < -0.3 is 19.7 Å². The second-order valence-electron chi connectivity index (χ2n) is 11.9. The van der Waals surface area contributed by atoms with E-state index in [1.165, 1.54) is 0 Å². The standard InChI is InChI=1S/C35H38Cl2N6O/c1-40(2)17-7-18-41(3)28-16-19-42(22-28)35(44)33-32(29-15-14-26(37)21-30(29)39-33)34-31(20-24-10-12-25(36)13-11-24)38-23-43(34)27-8-5-4-6-9-27/h4-6,8-15,21,23,28,39H,7,16-20,22H2,1-3H3. The van der Waals surface area contributed by atoms with E-state index < -0.39 is 0 Å². The number of H-pyrrole nitrogens is 1. The second kappa shape index (κ2) is 13.2. The Morgan fingerprint density at radius 1 is 0.977 bits per heavy atom. The molecule has 5 aromatic rings. The molecule has 0 spiro atoms. The zero-order valence-electron chi connectivity index (χ0n) is 25.4. The monoisotopic (exact) mass is 628 g/mol. The Balaban J connectivity index is 1.42. The van der Waals surface area contributed by atoms with Crippen LogP contribution in [0.1, 0.15) is 34.6 Å². The first kappa shape index (κ1) is 30.4. The number of nitrogens with zero attached hydrogens (tertiary/aromatic N) is 5. The Hall–Kier alpha value is -3.62. The Morgan fingerprint density at radius 3 is 2.48 bits per heavy atom. The van der Waals surface area contributed by atoms with Crippen LogP contribution in [0.3, 0.4) is 0 Å². The summed E-state index contributed by atoms with van der Waals surface area (Å²) in [5.41, 5.74) is 6.05. The van der Waals surface area contributed by atoms with E-state index in [0.29, 0.717) is 41.3 Å². The lowest BCUT2D eigenvalue weighted by atomic mass is 10.0. The number of likely N-dealkylation sites (N-methyl/N-ethyl adjacent to an activating group) is 1. The van der Waals surface area contributed by atoms with Gasteiger partial charge in [-0.05, 0) is 89.0 Å². The quantitative estimate of drug-likeness (QED) is 0.181. The molecule has 9 heteroatoms. The number of likely N-dealkylation sites (tertiary alicyclic amines) is 1. The molecule has 1 atom stereocenters. The van der Waals surface area contributed by atoms with E-state index in [9.17, 15) is 4.79 Å². The number of fused-ring (bicyclic) bond motifs is 1. The lowest BCUT2D eigenvalue weighted by molar-refractivity contribution is 0.0776. The molecule has 7 nitrogen and oxygen atoms in total. The van der Waals surface area contributed by atoms with Crippen molar-refractivity contribution in [3.8, 4) is 16.9 Å². The molecule has 1 N–H and O–H groups in total. The first-order valence-electron chi connectivity index (χ1n) is 15.1. The number of imidazole rings is 1. The van der Waals surface area contributed by atoms with Gasteiger partial charge in [-0.2, -0.15) is 0 Å². The van der Waals surface area contributed by atoms with Crippen LogP contribution in [0.25, 0.3) is 27.8 Å². The van der Waals surface area contributed by atoms with Crippen molar-refractivity contribution < 1.29 is 4.79 Å². The highest BCUT2D eigenvalue weighted by atomic mass is 35.5. The maximum atomic E-state index is 14.4. The third-order valence-corrected chi connectivity index (χ3v) is 9.05. The summed E-state index contributed by atoms with van der Waals surface area (Å²) >= 11 is 12.6. The van der Waals surface area contributed by atoms with E-state index in [0.717, 1.165) is 65.0 Å². The highest BCUT2D eigenvalue weighted by Crippen LogP contribution is 2.38. The minimum atomic E-state index is -0.00484. The smallest absolute Gasteiger partial charge is 0.271 e. The van der Waals surface area contributed by atoms with E-state index in [-0.39, 0.29) is 5.91 Å². The lowest BCUT2D eigenvalue weighted by Gasteiger charge is -2.25. The first-order chi connectivity index (χ1) is 21.3. The van der Waals surface area contributed by atoms with Crippen molar-refractivity contribution in [3.05, 3.63) is 106 Å². The van der Waals surface area contributed by atoms with Crippen molar-refractivity contribution in [1.29, 1.82) is 0 Å². The second-order valence-corrected chi connectivity index (χ2v) is 12.8. The fourth-order valence-electron chi connectivity index (χ4n) is 6.20. The Morgan fingerprint density at radius 2 is 1.73 bits per heavy atom. The van der Waals surface area contributed by atoms with E-state index >= 15 is 0 Å². The van der Waals surface area contributed by atoms with Crippen LogP contribution in [0.5, 0.6) is 0 Å². The average Bonchev–Trinajstić information content (AvgIpc) is 3.75. The number of carbonyl (C=O) groups excluding carboxylic acids is 1. The molecule has 3 heterocycles. The largest absolute Gasteiger partial charge is 0.350 e. The van der Waals surface area contributed by atoms with Gasteiger partial charge in [0.1, 0.15) is 12.0 Å². The van der Waals surface area contributed by atoms with Gasteiger partial charge in [-0.25, -0.2) is 4.98 Å². The Kier molecular flexibility index (Phi) is 9.10. The number of halogens is 2. The highest BCUT2D eigenvalue weighted by Gasteiger charge is 2.33. The van der Waals surface area contributed by atoms with Crippen LogP contribution in [0, 0.1) is 0 Å². The van der Waals surface area contributed by atoms with Crippen LogP contribution in [0.15, 0.2) is 79.1 Å². The van der Waals surface area contributed by atoms with Crippen LogP contribution >= 0.6 is 23.2 Å². The van der Waals surface area contributed by atoms with Crippen molar-refractivity contribution in [3.63, 3.8) is 0 Å². The molecule has 1 saturated heterocycles. The number of nitrogens with one attached hydrogen (secondary N) is 1. The summed E-state index contributed by atoms with van der Waals surface area (Å²) in [6, 6.07) is 24.1. The minimum Gasteiger partial charge on any atom is -0.350 e. The van der Waals surface area contributed by atoms with Crippen LogP contribution in [-0.2, 0) is 6.42 Å². The van der Waals surface area contributed by atoms with Crippen LogP contribution in [0.2, 0.25) is 10.0 Å². The fourth-order valence-corrected chi connectivity index (χ4v) is 6.50. The summed E-state index contributed by atoms with van der Waals surface area (Å²) in [5, 5.41) is 2.24. The van der Waals surface area contributed by atoms with Gasteiger partial charge in [0.15, 0.2) is 0 Å². The summed E-state index contributed by atoms with van der Waals surface area (Å²) < 4.78 is 2.09. The average molecular weight is 630 g/mol. The molecule has 1 aliphatic rings. The summed E-state index contributed by atoms with van der Waals surface area (Å²) in [6.45, 7) is 3.47. The maximum absolute atomic E-state index is 14.4. The first-order valence-corrected chi connectivity index (χ1v) is 15.9. The van der Waals surface area contributed by atoms with Crippen molar-refractivity contribution in [2.75, 3.05) is 47.3 Å². The number of aromatic nitrogens is 3. The number of para-hydroxylation sites is 1. The van der Waals surface area contributed by atoms with E-state index in [2.05, 4.69) is 52.6 Å². The molecule has 2 aromatic heterocycles. The van der Waals surface area contributed by atoms with Gasteiger partial charge in [0.25, 0.3) is 5.91 Å². The third kappa shape index (κ3) is 6.42. The lowest BCUT2D eigenvalue weighted by Crippen LogP contribution is -2.37. The molecule has 3 aromatic carbocycles. The van der Waals surface area contributed by atoms with Crippen molar-refractivity contribution >= 4 is 40.0 Å². The molecule has 0 radical (unpaired) electrons. The number of benzene rings is 3. The Bertz CT molecular complexity index is 1740. The normalized spacial score (nSPS) is 15.2. The van der Waals surface area contributed by atoms with Gasteiger partial charge in [0.2, 0.25) is 0 Å². The van der Waals surface area contributed by atoms with Crippen molar-refractivity contribution in [2.45, 2.75) is 25.3 Å². The highest BCUT2D eigenvalue weighted by molar-refractivity contribution is 6.31. The van der Waals surface area contributed by atoms with Gasteiger partial charge in [0.05, 0.1) is 11.4 Å².